The number of carbonyl (C=O) groups excluding carboxylic acids is 1. The number of likely N-dealkylation sites (tertiary alicyclic amines) is 1. The molecule has 0 radical (unpaired) electrons. The summed E-state index contributed by atoms with van der Waals surface area (Å²) in [5, 5.41) is 0. The van der Waals surface area contributed by atoms with E-state index in [2.05, 4.69) is 0 Å². The van der Waals surface area contributed by atoms with Crippen molar-refractivity contribution >= 4 is 5.91 Å². The van der Waals surface area contributed by atoms with Crippen molar-refractivity contribution in [3.05, 3.63) is 29.8 Å². The van der Waals surface area contributed by atoms with E-state index in [1.807, 2.05) is 43.0 Å². The van der Waals surface area contributed by atoms with E-state index < -0.39 is 0 Å². The van der Waals surface area contributed by atoms with Crippen LogP contribution in [0.3, 0.4) is 0 Å². The summed E-state index contributed by atoms with van der Waals surface area (Å²) in [5.41, 5.74) is 6.88. The van der Waals surface area contributed by atoms with Crippen LogP contribution in [0, 0.1) is 0 Å². The lowest BCUT2D eigenvalue weighted by Gasteiger charge is -2.26. The second kappa shape index (κ2) is 5.40. The molecule has 1 aliphatic rings. The first-order chi connectivity index (χ1) is 8.63. The summed E-state index contributed by atoms with van der Waals surface area (Å²) in [6, 6.07) is 7.82. The average Bonchev–Trinajstić information content (AvgIpc) is 2.69. The van der Waals surface area contributed by atoms with Crippen molar-refractivity contribution in [2.24, 2.45) is 5.73 Å². The lowest BCUT2D eigenvalue weighted by molar-refractivity contribution is -0.129. The summed E-state index contributed by atoms with van der Waals surface area (Å²) < 4.78 is 5.61. The van der Waals surface area contributed by atoms with Crippen molar-refractivity contribution in [3.63, 3.8) is 0 Å². The quantitative estimate of drug-likeness (QED) is 0.882. The fourth-order valence-electron chi connectivity index (χ4n) is 2.42. The van der Waals surface area contributed by atoms with Crippen molar-refractivity contribution in [1.29, 1.82) is 0 Å². The second-order valence-corrected chi connectivity index (χ2v) is 4.66. The molecule has 98 valence electrons. The van der Waals surface area contributed by atoms with E-state index in [0.29, 0.717) is 19.6 Å². The lowest BCUT2D eigenvalue weighted by atomic mass is 10.1. The monoisotopic (exact) mass is 248 g/mol. The topological polar surface area (TPSA) is 55.6 Å². The molecule has 0 saturated carbocycles. The Morgan fingerprint density at radius 2 is 2.22 bits per heavy atom. The van der Waals surface area contributed by atoms with Crippen LogP contribution >= 0.6 is 0 Å². The highest BCUT2D eigenvalue weighted by Gasteiger charge is 2.32. The van der Waals surface area contributed by atoms with Gasteiger partial charge in [-0.25, -0.2) is 0 Å². The number of carbonyl (C=O) groups is 1. The van der Waals surface area contributed by atoms with Crippen LogP contribution in [-0.4, -0.2) is 30.0 Å². The Bertz CT molecular complexity index is 434. The van der Waals surface area contributed by atoms with Gasteiger partial charge in [0.1, 0.15) is 5.75 Å². The van der Waals surface area contributed by atoms with Gasteiger partial charge in [0.15, 0.2) is 0 Å². The molecular weight excluding hydrogens is 228 g/mol. The predicted molar refractivity (Wildman–Crippen MR) is 70.3 cm³/mol. The lowest BCUT2D eigenvalue weighted by Crippen LogP contribution is -2.31. The highest BCUT2D eigenvalue weighted by molar-refractivity contribution is 5.79. The first kappa shape index (κ1) is 12.9. The van der Waals surface area contributed by atoms with Gasteiger partial charge in [0.2, 0.25) is 5.91 Å². The third-order valence-corrected chi connectivity index (χ3v) is 3.32. The largest absolute Gasteiger partial charge is 0.494 e. The van der Waals surface area contributed by atoms with Gasteiger partial charge in [-0.1, -0.05) is 18.2 Å². The van der Waals surface area contributed by atoms with E-state index >= 15 is 0 Å². The molecule has 4 nitrogen and oxygen atoms in total. The van der Waals surface area contributed by atoms with Crippen LogP contribution in [0.4, 0.5) is 0 Å². The molecule has 2 atom stereocenters. The molecule has 2 N–H and O–H groups in total. The Hall–Kier alpha value is -1.55. The standard InChI is InChI=1S/C14H20N2O2/c1-3-18-13-7-5-4-6-12(13)10(2)16-9-11(15)8-14(16)17/h4-7,10-11H,3,8-9,15H2,1-2H3. The molecule has 0 aromatic heterocycles. The molecule has 2 unspecified atom stereocenters. The molecule has 0 aliphatic carbocycles. The van der Waals surface area contributed by atoms with Gasteiger partial charge in [-0.3, -0.25) is 4.79 Å². The molecule has 1 amide bonds. The third kappa shape index (κ3) is 2.48. The highest BCUT2D eigenvalue weighted by atomic mass is 16.5. The zero-order valence-electron chi connectivity index (χ0n) is 10.9. The number of nitrogens with two attached hydrogens (primary N) is 1. The van der Waals surface area contributed by atoms with Crippen LogP contribution in [0.15, 0.2) is 24.3 Å². The summed E-state index contributed by atoms with van der Waals surface area (Å²) in [7, 11) is 0. The minimum atomic E-state index is -0.0424. The van der Waals surface area contributed by atoms with Gasteiger partial charge in [0, 0.05) is 24.6 Å². The number of nitrogens with zero attached hydrogens (tertiary/aromatic N) is 1. The van der Waals surface area contributed by atoms with Crippen LogP contribution in [0.1, 0.15) is 31.9 Å². The van der Waals surface area contributed by atoms with Crippen LogP contribution in [0.2, 0.25) is 0 Å². The SMILES string of the molecule is CCOc1ccccc1C(C)N1CC(N)CC1=O. The van der Waals surface area contributed by atoms with Gasteiger partial charge in [-0.05, 0) is 19.9 Å². The van der Waals surface area contributed by atoms with Gasteiger partial charge >= 0.3 is 0 Å². The first-order valence-corrected chi connectivity index (χ1v) is 6.40. The zero-order chi connectivity index (χ0) is 13.1. The predicted octanol–water partition coefficient (Wildman–Crippen LogP) is 1.71. The van der Waals surface area contributed by atoms with Crippen molar-refractivity contribution in [2.75, 3.05) is 13.2 Å². The summed E-state index contributed by atoms with van der Waals surface area (Å²) in [5.74, 6) is 0.974. The van der Waals surface area contributed by atoms with Crippen LogP contribution in [0.5, 0.6) is 5.75 Å². The molecule has 1 aromatic carbocycles. The maximum absolute atomic E-state index is 11.9. The normalized spacial score (nSPS) is 21.2. The van der Waals surface area contributed by atoms with Crippen molar-refractivity contribution in [3.8, 4) is 5.75 Å². The van der Waals surface area contributed by atoms with Crippen LogP contribution in [0.25, 0.3) is 0 Å². The number of amides is 1. The Morgan fingerprint density at radius 3 is 2.83 bits per heavy atom. The number of hydrogen-bond donors (Lipinski definition) is 1. The van der Waals surface area contributed by atoms with Gasteiger partial charge in [0.05, 0.1) is 12.6 Å². The number of ether oxygens (including phenoxy) is 1. The molecule has 1 aromatic rings. The number of benzene rings is 1. The Balaban J connectivity index is 2.23. The molecule has 2 rings (SSSR count). The Morgan fingerprint density at radius 1 is 1.50 bits per heavy atom. The summed E-state index contributed by atoms with van der Waals surface area (Å²) in [6.45, 7) is 5.23. The summed E-state index contributed by atoms with van der Waals surface area (Å²) in [6.07, 6.45) is 0.446. The minimum Gasteiger partial charge on any atom is -0.494 e. The van der Waals surface area contributed by atoms with Crippen LogP contribution in [-0.2, 0) is 4.79 Å². The smallest absolute Gasteiger partial charge is 0.224 e. The second-order valence-electron chi connectivity index (χ2n) is 4.66. The van der Waals surface area contributed by atoms with E-state index in [1.54, 1.807) is 0 Å². The summed E-state index contributed by atoms with van der Waals surface area (Å²) >= 11 is 0. The van der Waals surface area contributed by atoms with Gasteiger partial charge < -0.3 is 15.4 Å². The van der Waals surface area contributed by atoms with Gasteiger partial charge in [0.25, 0.3) is 0 Å². The molecule has 1 fully saturated rings. The van der Waals surface area contributed by atoms with E-state index in [-0.39, 0.29) is 18.0 Å². The molecular formula is C14H20N2O2. The minimum absolute atomic E-state index is 0.00815. The molecule has 0 bridgehead atoms. The number of para-hydroxylation sites is 1. The van der Waals surface area contributed by atoms with E-state index in [4.69, 9.17) is 10.5 Å². The Kier molecular flexibility index (Phi) is 3.87. The first-order valence-electron chi connectivity index (χ1n) is 6.40. The zero-order valence-corrected chi connectivity index (χ0v) is 10.9. The summed E-state index contributed by atoms with van der Waals surface area (Å²) in [4.78, 5) is 13.7. The fraction of sp³-hybridized carbons (Fsp3) is 0.500. The maximum atomic E-state index is 11.9. The fourth-order valence-corrected chi connectivity index (χ4v) is 2.42. The van der Waals surface area contributed by atoms with E-state index in [9.17, 15) is 4.79 Å². The number of hydrogen-bond acceptors (Lipinski definition) is 3. The van der Waals surface area contributed by atoms with Crippen molar-refractivity contribution in [1.82, 2.24) is 4.90 Å². The van der Waals surface area contributed by atoms with Crippen LogP contribution < -0.4 is 10.5 Å². The number of rotatable bonds is 4. The van der Waals surface area contributed by atoms with Gasteiger partial charge in [-0.2, -0.15) is 0 Å². The Labute approximate surface area is 108 Å². The molecule has 1 saturated heterocycles. The molecule has 4 heteroatoms. The maximum Gasteiger partial charge on any atom is 0.224 e. The molecule has 0 spiro atoms. The van der Waals surface area contributed by atoms with Crippen molar-refractivity contribution in [2.45, 2.75) is 32.4 Å². The molecule has 1 aliphatic heterocycles. The van der Waals surface area contributed by atoms with Gasteiger partial charge in [-0.15, -0.1) is 0 Å². The third-order valence-electron chi connectivity index (χ3n) is 3.32. The average molecular weight is 248 g/mol. The van der Waals surface area contributed by atoms with Crippen molar-refractivity contribution < 1.29 is 9.53 Å². The van der Waals surface area contributed by atoms with E-state index in [1.165, 1.54) is 0 Å². The highest BCUT2D eigenvalue weighted by Crippen LogP contribution is 2.31. The molecule has 1 heterocycles. The molecule has 18 heavy (non-hydrogen) atoms. The van der Waals surface area contributed by atoms with E-state index in [0.717, 1.165) is 11.3 Å².